The highest BCUT2D eigenvalue weighted by atomic mass is 16.2. The van der Waals surface area contributed by atoms with Crippen LogP contribution in [-0.2, 0) is 38.3 Å². The second-order valence-corrected chi connectivity index (χ2v) is 16.5. The van der Waals surface area contributed by atoms with E-state index in [0.717, 1.165) is 53.3 Å². The Kier molecular flexibility index (Phi) is 10.8. The Bertz CT molecular complexity index is 2970. The van der Waals surface area contributed by atoms with Crippen LogP contribution < -0.4 is 21.3 Å². The lowest BCUT2D eigenvalue weighted by atomic mass is 9.72. The average molecular weight is 864 g/mol. The van der Waals surface area contributed by atoms with Crippen molar-refractivity contribution < 1.29 is 9.59 Å². The Morgan fingerprint density at radius 1 is 0.631 bits per heavy atom. The van der Waals surface area contributed by atoms with Gasteiger partial charge in [-0.15, -0.1) is 20.4 Å². The molecule has 2 amide bonds. The molecule has 324 valence electrons. The maximum Gasteiger partial charge on any atom is 0.252 e. The molecule has 0 aliphatic heterocycles. The fourth-order valence-corrected chi connectivity index (χ4v) is 8.59. The van der Waals surface area contributed by atoms with Crippen LogP contribution in [0.2, 0.25) is 0 Å². The Morgan fingerprint density at radius 3 is 1.72 bits per heavy atom. The van der Waals surface area contributed by atoms with Crippen molar-refractivity contribution in [2.24, 2.45) is 14.1 Å². The van der Waals surface area contributed by atoms with Gasteiger partial charge in [-0.3, -0.25) is 14.6 Å². The van der Waals surface area contributed by atoms with E-state index in [1.54, 1.807) is 24.5 Å². The van der Waals surface area contributed by atoms with Crippen LogP contribution >= 0.6 is 0 Å². The molecular weight excluding hydrogens is 819 g/mol. The highest BCUT2D eigenvalue weighted by Crippen LogP contribution is 2.58. The van der Waals surface area contributed by atoms with Gasteiger partial charge in [-0.2, -0.15) is 0 Å². The van der Waals surface area contributed by atoms with E-state index in [1.165, 1.54) is 12.7 Å². The van der Waals surface area contributed by atoms with Crippen molar-refractivity contribution in [3.63, 3.8) is 0 Å². The summed E-state index contributed by atoms with van der Waals surface area (Å²) in [6, 6.07) is 32.7. The number of benzene rings is 3. The molecule has 0 spiro atoms. The topological polar surface area (TPSA) is 208 Å². The van der Waals surface area contributed by atoms with E-state index in [4.69, 9.17) is 4.98 Å². The van der Waals surface area contributed by atoms with E-state index in [2.05, 4.69) is 79.8 Å². The van der Waals surface area contributed by atoms with Crippen LogP contribution in [0.5, 0.6) is 0 Å². The van der Waals surface area contributed by atoms with E-state index in [0.29, 0.717) is 59.5 Å². The molecule has 3 aromatic carbocycles. The van der Waals surface area contributed by atoms with Gasteiger partial charge in [0.25, 0.3) is 11.8 Å². The fourth-order valence-electron chi connectivity index (χ4n) is 8.59. The second-order valence-electron chi connectivity index (χ2n) is 16.5. The minimum absolute atomic E-state index is 0.0492. The quantitative estimate of drug-likeness (QED) is 0.0920. The summed E-state index contributed by atoms with van der Waals surface area (Å²) in [5, 5.41) is 30.8. The van der Waals surface area contributed by atoms with Crippen molar-refractivity contribution in [1.82, 2.24) is 65.1 Å². The number of nitrogens with one attached hydrogen (secondary N) is 4. The molecule has 17 heteroatoms. The molecule has 2 saturated carbocycles. The molecule has 4 N–H and O–H groups in total. The zero-order chi connectivity index (χ0) is 44.4. The fraction of sp³-hybridized carbons (Fsp3) is 0.229. The maximum atomic E-state index is 14.1. The molecule has 0 bridgehead atoms. The van der Waals surface area contributed by atoms with Crippen LogP contribution in [0.3, 0.4) is 0 Å². The van der Waals surface area contributed by atoms with Gasteiger partial charge in [-0.25, -0.2) is 19.9 Å². The summed E-state index contributed by atoms with van der Waals surface area (Å²) in [5.74, 6) is 2.32. The monoisotopic (exact) mass is 863 g/mol. The Morgan fingerprint density at radius 2 is 1.22 bits per heavy atom. The zero-order valence-corrected chi connectivity index (χ0v) is 35.8. The molecule has 5 heterocycles. The van der Waals surface area contributed by atoms with Gasteiger partial charge in [0.05, 0.1) is 24.2 Å². The third-order valence-corrected chi connectivity index (χ3v) is 12.5. The second kappa shape index (κ2) is 17.2. The number of pyridine rings is 1. The summed E-state index contributed by atoms with van der Waals surface area (Å²) in [5.41, 5.74) is 5.70. The van der Waals surface area contributed by atoms with Gasteiger partial charge in [-0.05, 0) is 91.4 Å². The van der Waals surface area contributed by atoms with Gasteiger partial charge >= 0.3 is 0 Å². The standard InChI is InChI=1S/C48H45N15O2/c1-62-41(58-60-43(62)39-17-21-49-29-54-39)27-51-35-13-6-9-31(23-35)45(64)56-47(19-8-20-47)34-15-16-38(53-26-34)37-25-48(37,33-11-4-3-5-12-33)57-46(65)32-10-7-14-36(24-32)52-28-42-59-61-44(63(42)2)40-18-22-50-30-55-40/h3-7,9-18,21-24,26,29-30,37,51-52H,8,19-20,25,27-28H2,1-2H3,(H,56,64)(H,57,65). The summed E-state index contributed by atoms with van der Waals surface area (Å²) < 4.78 is 3.76. The Balaban J connectivity index is 0.799. The van der Waals surface area contributed by atoms with Crippen LogP contribution in [-0.4, -0.2) is 66.3 Å². The number of rotatable bonds is 15. The number of carbonyl (C=O) groups is 2. The van der Waals surface area contributed by atoms with E-state index in [9.17, 15) is 9.59 Å². The first-order valence-corrected chi connectivity index (χ1v) is 21.4. The smallest absolute Gasteiger partial charge is 0.252 e. The third-order valence-electron chi connectivity index (χ3n) is 12.5. The number of amides is 2. The van der Waals surface area contributed by atoms with Gasteiger partial charge in [-0.1, -0.05) is 48.5 Å². The highest BCUT2D eigenvalue weighted by Gasteiger charge is 2.58. The first-order valence-electron chi connectivity index (χ1n) is 21.4. The molecule has 0 saturated heterocycles. The number of carbonyl (C=O) groups excluding carboxylic acids is 2. The molecule has 17 nitrogen and oxygen atoms in total. The number of aromatic nitrogens is 11. The van der Waals surface area contributed by atoms with E-state index in [-0.39, 0.29) is 17.7 Å². The van der Waals surface area contributed by atoms with E-state index >= 15 is 0 Å². The molecule has 2 fully saturated rings. The number of hydrogen-bond donors (Lipinski definition) is 4. The number of hydrogen-bond acceptors (Lipinski definition) is 13. The summed E-state index contributed by atoms with van der Waals surface area (Å²) in [4.78, 5) is 49.5. The predicted octanol–water partition coefficient (Wildman–Crippen LogP) is 6.10. The molecular formula is C48H45N15O2. The Labute approximate surface area is 374 Å². The van der Waals surface area contributed by atoms with Crippen LogP contribution in [0.15, 0.2) is 134 Å². The molecule has 2 aliphatic carbocycles. The summed E-state index contributed by atoms with van der Waals surface area (Å²) >= 11 is 0. The normalized spacial score (nSPS) is 17.1. The molecule has 10 rings (SSSR count). The highest BCUT2D eigenvalue weighted by molar-refractivity contribution is 5.96. The van der Waals surface area contributed by atoms with Crippen molar-refractivity contribution in [2.75, 3.05) is 10.6 Å². The van der Waals surface area contributed by atoms with Crippen LogP contribution in [0, 0.1) is 0 Å². The Hall–Kier alpha value is -8.21. The zero-order valence-electron chi connectivity index (χ0n) is 35.8. The van der Waals surface area contributed by atoms with E-state index in [1.807, 2.05) is 102 Å². The first kappa shape index (κ1) is 40.8. The number of nitrogens with zero attached hydrogens (tertiary/aromatic N) is 11. The van der Waals surface area contributed by atoms with Gasteiger partial charge in [0.15, 0.2) is 23.3 Å². The predicted molar refractivity (Wildman–Crippen MR) is 242 cm³/mol. The first-order chi connectivity index (χ1) is 31.8. The summed E-state index contributed by atoms with van der Waals surface area (Å²) in [6.45, 7) is 0.800. The SMILES string of the molecule is Cn1c(CNc2cccc(C(=O)NC3(c4ccc(C5CC5(NC(=O)c5cccc(NCc6nnc(-c7ccncn7)n6C)c5)c5ccccc5)nc4)CCC3)c2)nnc1-c1ccncn1. The molecule has 0 radical (unpaired) electrons. The lowest BCUT2D eigenvalue weighted by molar-refractivity contribution is 0.0822. The lowest BCUT2D eigenvalue weighted by Gasteiger charge is -2.43. The molecule has 5 aromatic heterocycles. The van der Waals surface area contributed by atoms with Gasteiger partial charge in [0, 0.05) is 66.8 Å². The van der Waals surface area contributed by atoms with Crippen molar-refractivity contribution in [1.29, 1.82) is 0 Å². The molecule has 2 unspecified atom stereocenters. The molecule has 2 atom stereocenters. The van der Waals surface area contributed by atoms with Crippen LogP contribution in [0.4, 0.5) is 11.4 Å². The van der Waals surface area contributed by atoms with Crippen LogP contribution in [0.1, 0.15) is 80.8 Å². The average Bonchev–Trinajstić information content (AvgIpc) is 3.77. The molecule has 2 aliphatic rings. The summed E-state index contributed by atoms with van der Waals surface area (Å²) in [7, 11) is 3.78. The molecule has 65 heavy (non-hydrogen) atoms. The van der Waals surface area contributed by atoms with Crippen LogP contribution in [0.25, 0.3) is 23.0 Å². The van der Waals surface area contributed by atoms with Gasteiger partial charge in [0.2, 0.25) is 0 Å². The van der Waals surface area contributed by atoms with Crippen molar-refractivity contribution in [3.8, 4) is 23.0 Å². The van der Waals surface area contributed by atoms with Gasteiger partial charge < -0.3 is 30.4 Å². The molecule has 8 aromatic rings. The lowest BCUT2D eigenvalue weighted by Crippen LogP contribution is -2.50. The largest absolute Gasteiger partial charge is 0.378 e. The summed E-state index contributed by atoms with van der Waals surface area (Å²) in [6.07, 6.45) is 11.5. The minimum Gasteiger partial charge on any atom is -0.378 e. The maximum absolute atomic E-state index is 14.1. The van der Waals surface area contributed by atoms with Crippen molar-refractivity contribution in [3.05, 3.63) is 174 Å². The van der Waals surface area contributed by atoms with Gasteiger partial charge in [0.1, 0.15) is 24.0 Å². The third kappa shape index (κ3) is 8.14. The minimum atomic E-state index is -0.639. The van der Waals surface area contributed by atoms with Crippen molar-refractivity contribution >= 4 is 23.2 Å². The number of anilines is 2. The van der Waals surface area contributed by atoms with Crippen molar-refractivity contribution in [2.45, 2.75) is 55.8 Å². The van der Waals surface area contributed by atoms with E-state index < -0.39 is 11.1 Å².